The van der Waals surface area contributed by atoms with E-state index in [0.717, 1.165) is 0 Å². The first-order valence-electron chi connectivity index (χ1n) is 14.5. The largest absolute Gasteiger partial charge is 0.100 e. The van der Waals surface area contributed by atoms with E-state index in [9.17, 15) is 0 Å². The van der Waals surface area contributed by atoms with E-state index in [1.54, 1.807) is 0 Å². The Labute approximate surface area is 198 Å². The minimum atomic E-state index is 1.23. The van der Waals surface area contributed by atoms with Crippen LogP contribution in [-0.2, 0) is 0 Å². The van der Waals surface area contributed by atoms with E-state index < -0.39 is 0 Å². The molecule has 0 unspecified atom stereocenters. The second kappa shape index (κ2) is 25.7. The van der Waals surface area contributed by atoms with E-state index >= 15 is 0 Å². The highest BCUT2D eigenvalue weighted by atomic mass is 14.0. The van der Waals surface area contributed by atoms with Gasteiger partial charge in [0.05, 0.1) is 0 Å². The molecule has 0 aromatic carbocycles. The minimum absolute atomic E-state index is 1.23. The normalized spacial score (nSPS) is 11.2. The van der Waals surface area contributed by atoms with Gasteiger partial charge in [-0.25, -0.2) is 0 Å². The third kappa shape index (κ3) is 27.4. The Kier molecular flexibility index (Phi) is 25.3. The maximum atomic E-state index is 4.31. The third-order valence-electron chi connectivity index (χ3n) is 6.77. The molecule has 31 heavy (non-hydrogen) atoms. The molecule has 0 aliphatic heterocycles. The maximum absolute atomic E-state index is 4.31. The van der Waals surface area contributed by atoms with Gasteiger partial charge in [-0.05, 0) is 45.4 Å². The van der Waals surface area contributed by atoms with Gasteiger partial charge in [0.25, 0.3) is 0 Å². The first-order chi connectivity index (χ1) is 15.2. The lowest BCUT2D eigenvalue weighted by Crippen LogP contribution is -1.87. The summed E-state index contributed by atoms with van der Waals surface area (Å²) >= 11 is 0. The highest BCUT2D eigenvalue weighted by molar-refractivity contribution is 4.93. The molecule has 184 valence electrons. The van der Waals surface area contributed by atoms with E-state index in [4.69, 9.17) is 0 Å². The Morgan fingerprint density at radius 2 is 0.645 bits per heavy atom. The Balaban J connectivity index is 3.13. The average molecular weight is 433 g/mol. The summed E-state index contributed by atoms with van der Waals surface area (Å²) in [6, 6.07) is 0. The van der Waals surface area contributed by atoms with Crippen molar-refractivity contribution in [2.45, 2.75) is 174 Å². The van der Waals surface area contributed by atoms with Crippen molar-refractivity contribution in [2.75, 3.05) is 0 Å². The summed E-state index contributed by atoms with van der Waals surface area (Å²) in [5, 5.41) is 0. The second-order valence-corrected chi connectivity index (χ2v) is 10.4. The van der Waals surface area contributed by atoms with Crippen molar-refractivity contribution in [1.82, 2.24) is 0 Å². The summed E-state index contributed by atoms with van der Waals surface area (Å²) in [6.45, 7) is 12.7. The molecule has 0 saturated carbocycles. The lowest BCUT2D eigenvalue weighted by Gasteiger charge is -2.06. The number of unbranched alkanes of at least 4 members (excludes halogenated alkanes) is 20. The minimum Gasteiger partial charge on any atom is -0.100 e. The highest BCUT2D eigenvalue weighted by Gasteiger charge is 1.98. The van der Waals surface area contributed by atoms with Gasteiger partial charge >= 0.3 is 0 Å². The maximum Gasteiger partial charge on any atom is -0.0323 e. The molecule has 0 radical (unpaired) electrons. The fraction of sp³-hybridized carbons (Fsp3) is 0.871. The predicted octanol–water partition coefficient (Wildman–Crippen LogP) is 11.9. The zero-order valence-corrected chi connectivity index (χ0v) is 22.1. The molecule has 0 bridgehead atoms. The first kappa shape index (κ1) is 30.5. The van der Waals surface area contributed by atoms with Crippen molar-refractivity contribution in [3.05, 3.63) is 24.3 Å². The average Bonchev–Trinajstić information content (AvgIpc) is 2.75. The molecule has 0 aromatic heterocycles. The van der Waals surface area contributed by atoms with Gasteiger partial charge in [-0.2, -0.15) is 0 Å². The first-order valence-corrected chi connectivity index (χ1v) is 14.5. The van der Waals surface area contributed by atoms with Crippen LogP contribution < -0.4 is 0 Å². The fourth-order valence-corrected chi connectivity index (χ4v) is 4.56. The van der Waals surface area contributed by atoms with Crippen molar-refractivity contribution < 1.29 is 0 Å². The van der Waals surface area contributed by atoms with Gasteiger partial charge in [-0.15, -0.1) is 6.58 Å². The van der Waals surface area contributed by atoms with E-state index in [1.807, 2.05) is 0 Å². The van der Waals surface area contributed by atoms with Crippen molar-refractivity contribution in [2.24, 2.45) is 0 Å². The molecule has 0 N–H and O–H groups in total. The number of hydrogen-bond acceptors (Lipinski definition) is 0. The monoisotopic (exact) mass is 432 g/mol. The summed E-state index contributed by atoms with van der Waals surface area (Å²) in [4.78, 5) is 0. The molecule has 0 nitrogen and oxygen atoms in total. The number of allylic oxidation sites excluding steroid dienone is 2. The Bertz CT molecular complexity index is 377. The molecule has 0 amide bonds. The van der Waals surface area contributed by atoms with Crippen LogP contribution in [0.4, 0.5) is 0 Å². The fourth-order valence-electron chi connectivity index (χ4n) is 4.56. The molecule has 0 spiro atoms. The molecule has 0 heterocycles. The number of hydrogen-bond donors (Lipinski definition) is 0. The summed E-state index contributed by atoms with van der Waals surface area (Å²) in [7, 11) is 0. The molecule has 0 aliphatic carbocycles. The third-order valence-corrected chi connectivity index (χ3v) is 6.77. The van der Waals surface area contributed by atoms with Gasteiger partial charge in [0.1, 0.15) is 0 Å². The molecular weight excluding hydrogens is 372 g/mol. The van der Waals surface area contributed by atoms with Crippen LogP contribution >= 0.6 is 0 Å². The summed E-state index contributed by atoms with van der Waals surface area (Å²) < 4.78 is 0. The van der Waals surface area contributed by atoms with E-state index in [2.05, 4.69) is 27.0 Å². The second-order valence-electron chi connectivity index (χ2n) is 10.4. The van der Waals surface area contributed by atoms with Gasteiger partial charge in [0, 0.05) is 0 Å². The highest BCUT2D eigenvalue weighted by Crippen LogP contribution is 2.18. The van der Waals surface area contributed by atoms with Crippen molar-refractivity contribution in [1.29, 1.82) is 0 Å². The Morgan fingerprint density at radius 3 is 0.935 bits per heavy atom. The zero-order chi connectivity index (χ0) is 22.8. The van der Waals surface area contributed by atoms with Gasteiger partial charge in [-0.1, -0.05) is 147 Å². The molecule has 0 heteroatoms. The van der Waals surface area contributed by atoms with Crippen LogP contribution in [0.25, 0.3) is 0 Å². The van der Waals surface area contributed by atoms with Crippen molar-refractivity contribution in [3.8, 4) is 0 Å². The standard InChI is InChI=1S/C31H60/c1-5-6-7-8-18-22-25-28-31(4)29-26-23-20-17-15-13-11-9-10-12-14-16-19-21-24-27-30(2)3/h2,4-29H2,1,3H3. The van der Waals surface area contributed by atoms with Crippen LogP contribution in [0.15, 0.2) is 24.3 Å². The van der Waals surface area contributed by atoms with Crippen LogP contribution in [0.3, 0.4) is 0 Å². The molecule has 0 fully saturated rings. The molecule has 0 atom stereocenters. The topological polar surface area (TPSA) is 0 Å². The van der Waals surface area contributed by atoms with Crippen LogP contribution in [0.5, 0.6) is 0 Å². The molecular formula is C31H60. The quantitative estimate of drug-likeness (QED) is 0.0941. The molecule has 0 saturated heterocycles. The summed E-state index contributed by atoms with van der Waals surface area (Å²) in [5.74, 6) is 0. The molecule has 0 rings (SSSR count). The van der Waals surface area contributed by atoms with E-state index in [-0.39, 0.29) is 0 Å². The predicted molar refractivity (Wildman–Crippen MR) is 145 cm³/mol. The van der Waals surface area contributed by atoms with Crippen molar-refractivity contribution in [3.63, 3.8) is 0 Å². The van der Waals surface area contributed by atoms with E-state index in [0.29, 0.717) is 0 Å². The molecule has 0 aliphatic rings. The van der Waals surface area contributed by atoms with Gasteiger partial charge in [-0.3, -0.25) is 0 Å². The Hall–Kier alpha value is -0.520. The van der Waals surface area contributed by atoms with Crippen LogP contribution in [0.2, 0.25) is 0 Å². The number of rotatable bonds is 26. The van der Waals surface area contributed by atoms with Gasteiger partial charge in [0.15, 0.2) is 0 Å². The smallest absolute Gasteiger partial charge is 0.0323 e. The van der Waals surface area contributed by atoms with E-state index in [1.165, 1.54) is 172 Å². The SMILES string of the molecule is C=C(C)CCCCCCCCCCCCCCCCCC(=C)CCCCCCCCC. The van der Waals surface area contributed by atoms with Gasteiger partial charge in [0.2, 0.25) is 0 Å². The van der Waals surface area contributed by atoms with Crippen molar-refractivity contribution >= 4 is 0 Å². The Morgan fingerprint density at radius 1 is 0.387 bits per heavy atom. The van der Waals surface area contributed by atoms with Crippen LogP contribution in [0.1, 0.15) is 174 Å². The zero-order valence-electron chi connectivity index (χ0n) is 22.1. The van der Waals surface area contributed by atoms with Crippen LogP contribution in [-0.4, -0.2) is 0 Å². The molecule has 0 aromatic rings. The summed E-state index contributed by atoms with van der Waals surface area (Å²) in [5.41, 5.74) is 2.86. The van der Waals surface area contributed by atoms with Crippen LogP contribution in [0, 0.1) is 0 Å². The summed E-state index contributed by atoms with van der Waals surface area (Å²) in [6.07, 6.45) is 35.2. The van der Waals surface area contributed by atoms with Gasteiger partial charge < -0.3 is 0 Å². The lowest BCUT2D eigenvalue weighted by molar-refractivity contribution is 0.529. The lowest BCUT2D eigenvalue weighted by atomic mass is 10.0.